The van der Waals surface area contributed by atoms with Crippen LogP contribution in [0, 0.1) is 0 Å². The SMILES string of the molecule is CCc1cccc(NC(N)=NCc2ccnc(-n3ccnc3)c2)c1. The molecule has 24 heavy (non-hydrogen) atoms. The molecule has 6 heteroatoms. The largest absolute Gasteiger partial charge is 0.370 e. The summed E-state index contributed by atoms with van der Waals surface area (Å²) in [7, 11) is 0. The van der Waals surface area contributed by atoms with Gasteiger partial charge in [0.05, 0.1) is 6.54 Å². The molecular weight excluding hydrogens is 300 g/mol. The summed E-state index contributed by atoms with van der Waals surface area (Å²) >= 11 is 0. The van der Waals surface area contributed by atoms with Crippen LogP contribution in [0.15, 0.2) is 66.3 Å². The maximum atomic E-state index is 5.99. The molecule has 0 aliphatic heterocycles. The van der Waals surface area contributed by atoms with E-state index in [0.717, 1.165) is 23.5 Å². The molecular formula is C18H20N6. The Morgan fingerprint density at radius 1 is 1.21 bits per heavy atom. The summed E-state index contributed by atoms with van der Waals surface area (Å²) in [6.45, 7) is 2.61. The molecule has 0 aliphatic carbocycles. The second-order valence-electron chi connectivity index (χ2n) is 5.37. The Balaban J connectivity index is 1.67. The molecule has 0 radical (unpaired) electrons. The first-order valence-corrected chi connectivity index (χ1v) is 7.83. The van der Waals surface area contributed by atoms with Crippen LogP contribution in [0.1, 0.15) is 18.1 Å². The van der Waals surface area contributed by atoms with Crippen LogP contribution >= 0.6 is 0 Å². The number of anilines is 1. The Labute approximate surface area is 141 Å². The number of imidazole rings is 1. The smallest absolute Gasteiger partial charge is 0.193 e. The zero-order valence-corrected chi connectivity index (χ0v) is 13.6. The van der Waals surface area contributed by atoms with Crippen LogP contribution in [0.3, 0.4) is 0 Å². The average Bonchev–Trinajstić information content (AvgIpc) is 3.15. The Morgan fingerprint density at radius 2 is 2.12 bits per heavy atom. The van der Waals surface area contributed by atoms with Gasteiger partial charge in [0.1, 0.15) is 12.1 Å². The van der Waals surface area contributed by atoms with Crippen molar-refractivity contribution in [1.29, 1.82) is 0 Å². The Kier molecular flexibility index (Phi) is 4.86. The third-order valence-corrected chi connectivity index (χ3v) is 3.62. The zero-order valence-electron chi connectivity index (χ0n) is 13.6. The molecule has 1 aromatic carbocycles. The lowest BCUT2D eigenvalue weighted by Gasteiger charge is -2.07. The van der Waals surface area contributed by atoms with Crippen LogP contribution in [-0.2, 0) is 13.0 Å². The van der Waals surface area contributed by atoms with Crippen LogP contribution < -0.4 is 11.1 Å². The van der Waals surface area contributed by atoms with E-state index in [1.54, 1.807) is 18.7 Å². The van der Waals surface area contributed by atoms with Crippen molar-refractivity contribution >= 4 is 11.6 Å². The van der Waals surface area contributed by atoms with E-state index < -0.39 is 0 Å². The molecule has 6 nitrogen and oxygen atoms in total. The number of nitrogens with two attached hydrogens (primary N) is 1. The molecule has 0 spiro atoms. The van der Waals surface area contributed by atoms with Gasteiger partial charge in [0.25, 0.3) is 0 Å². The van der Waals surface area contributed by atoms with E-state index in [4.69, 9.17) is 5.73 Å². The fourth-order valence-electron chi connectivity index (χ4n) is 2.33. The number of hydrogen-bond donors (Lipinski definition) is 2. The van der Waals surface area contributed by atoms with Gasteiger partial charge in [-0.1, -0.05) is 19.1 Å². The number of guanidine groups is 1. The van der Waals surface area contributed by atoms with Crippen LogP contribution in [0.2, 0.25) is 0 Å². The fraction of sp³-hybridized carbons (Fsp3) is 0.167. The molecule has 2 aromatic heterocycles. The molecule has 2 heterocycles. The molecule has 0 amide bonds. The highest BCUT2D eigenvalue weighted by molar-refractivity contribution is 5.92. The monoisotopic (exact) mass is 320 g/mol. The molecule has 0 saturated carbocycles. The van der Waals surface area contributed by atoms with Gasteiger partial charge < -0.3 is 11.1 Å². The zero-order chi connectivity index (χ0) is 16.8. The number of aryl methyl sites for hydroxylation is 1. The van der Waals surface area contributed by atoms with Gasteiger partial charge >= 0.3 is 0 Å². The molecule has 122 valence electrons. The Bertz CT molecular complexity index is 823. The maximum Gasteiger partial charge on any atom is 0.193 e. The quantitative estimate of drug-likeness (QED) is 0.559. The summed E-state index contributed by atoms with van der Waals surface area (Å²) in [6, 6.07) is 12.0. The maximum absolute atomic E-state index is 5.99. The average molecular weight is 320 g/mol. The Morgan fingerprint density at radius 3 is 2.92 bits per heavy atom. The number of benzene rings is 1. The molecule has 0 atom stereocenters. The molecule has 0 saturated heterocycles. The topological polar surface area (TPSA) is 81.1 Å². The van der Waals surface area contributed by atoms with Crippen molar-refractivity contribution in [1.82, 2.24) is 14.5 Å². The second kappa shape index (κ2) is 7.41. The van der Waals surface area contributed by atoms with Crippen molar-refractivity contribution in [3.8, 4) is 5.82 Å². The number of pyridine rings is 1. The third kappa shape index (κ3) is 3.98. The highest BCUT2D eigenvalue weighted by Gasteiger charge is 2.00. The Hall–Kier alpha value is -3.15. The number of hydrogen-bond acceptors (Lipinski definition) is 3. The lowest BCUT2D eigenvalue weighted by atomic mass is 10.1. The summed E-state index contributed by atoms with van der Waals surface area (Å²) in [4.78, 5) is 12.8. The molecule has 0 bridgehead atoms. The first-order valence-electron chi connectivity index (χ1n) is 7.83. The van der Waals surface area contributed by atoms with Crippen molar-refractivity contribution in [2.24, 2.45) is 10.7 Å². The lowest BCUT2D eigenvalue weighted by molar-refractivity contribution is 0.968. The van der Waals surface area contributed by atoms with Crippen molar-refractivity contribution in [3.63, 3.8) is 0 Å². The minimum absolute atomic E-state index is 0.393. The van der Waals surface area contributed by atoms with Crippen molar-refractivity contribution < 1.29 is 0 Å². The summed E-state index contributed by atoms with van der Waals surface area (Å²) in [5.41, 5.74) is 9.22. The summed E-state index contributed by atoms with van der Waals surface area (Å²) < 4.78 is 1.85. The predicted octanol–water partition coefficient (Wildman–Crippen LogP) is 2.76. The highest BCUT2D eigenvalue weighted by Crippen LogP contribution is 2.11. The first kappa shape index (κ1) is 15.7. The lowest BCUT2D eigenvalue weighted by Crippen LogP contribution is -2.22. The predicted molar refractivity (Wildman–Crippen MR) is 96.1 cm³/mol. The highest BCUT2D eigenvalue weighted by atomic mass is 15.1. The first-order chi connectivity index (χ1) is 11.7. The van der Waals surface area contributed by atoms with Gasteiger partial charge in [-0.25, -0.2) is 15.0 Å². The van der Waals surface area contributed by atoms with Crippen molar-refractivity contribution in [2.75, 3.05) is 5.32 Å². The van der Waals surface area contributed by atoms with E-state index in [2.05, 4.69) is 39.3 Å². The minimum atomic E-state index is 0.393. The van der Waals surface area contributed by atoms with E-state index in [0.29, 0.717) is 12.5 Å². The minimum Gasteiger partial charge on any atom is -0.370 e. The van der Waals surface area contributed by atoms with Crippen LogP contribution in [0.25, 0.3) is 5.82 Å². The van der Waals surface area contributed by atoms with Gasteiger partial charge in [-0.05, 0) is 41.8 Å². The van der Waals surface area contributed by atoms with E-state index >= 15 is 0 Å². The molecule has 0 aliphatic rings. The van der Waals surface area contributed by atoms with E-state index in [-0.39, 0.29) is 0 Å². The van der Waals surface area contributed by atoms with Crippen LogP contribution in [0.5, 0.6) is 0 Å². The van der Waals surface area contributed by atoms with Gasteiger partial charge in [0.15, 0.2) is 5.96 Å². The van der Waals surface area contributed by atoms with E-state index in [1.807, 2.05) is 35.0 Å². The summed E-state index contributed by atoms with van der Waals surface area (Å²) in [6.07, 6.45) is 8.03. The molecule has 3 N–H and O–H groups in total. The van der Waals surface area contributed by atoms with Gasteiger partial charge in [-0.15, -0.1) is 0 Å². The number of nitrogens with zero attached hydrogens (tertiary/aromatic N) is 4. The van der Waals surface area contributed by atoms with Crippen molar-refractivity contribution in [2.45, 2.75) is 19.9 Å². The van der Waals surface area contributed by atoms with Gasteiger partial charge in [-0.3, -0.25) is 4.57 Å². The van der Waals surface area contributed by atoms with E-state index in [9.17, 15) is 0 Å². The summed E-state index contributed by atoms with van der Waals surface area (Å²) in [5.74, 6) is 1.20. The molecule has 0 fully saturated rings. The number of aromatic nitrogens is 3. The fourth-order valence-corrected chi connectivity index (χ4v) is 2.33. The second-order valence-corrected chi connectivity index (χ2v) is 5.37. The van der Waals surface area contributed by atoms with E-state index in [1.165, 1.54) is 5.56 Å². The molecule has 3 rings (SSSR count). The van der Waals surface area contributed by atoms with Gasteiger partial charge in [0.2, 0.25) is 0 Å². The molecule has 3 aromatic rings. The van der Waals surface area contributed by atoms with Crippen LogP contribution in [0.4, 0.5) is 5.69 Å². The number of aliphatic imine (C=N–C) groups is 1. The molecule has 0 unspecified atom stereocenters. The number of rotatable bonds is 5. The van der Waals surface area contributed by atoms with Gasteiger partial charge in [0, 0.05) is 24.3 Å². The third-order valence-electron chi connectivity index (χ3n) is 3.62. The van der Waals surface area contributed by atoms with Crippen molar-refractivity contribution in [3.05, 3.63) is 72.4 Å². The standard InChI is InChI=1S/C18H20N6/c1-2-14-4-3-5-16(10-14)23-18(19)22-12-15-6-7-21-17(11-15)24-9-8-20-13-24/h3-11,13H,2,12H2,1H3,(H3,19,22,23). The number of nitrogens with one attached hydrogen (secondary N) is 1. The normalized spacial score (nSPS) is 11.5. The van der Waals surface area contributed by atoms with Gasteiger partial charge in [-0.2, -0.15) is 0 Å². The van der Waals surface area contributed by atoms with Crippen LogP contribution in [-0.4, -0.2) is 20.5 Å². The summed E-state index contributed by atoms with van der Waals surface area (Å²) in [5, 5.41) is 3.13.